The van der Waals surface area contributed by atoms with Crippen LogP contribution in [0.5, 0.6) is 0 Å². The molecule has 0 heterocycles. The van der Waals surface area contributed by atoms with Gasteiger partial charge in [-0.1, -0.05) is 48.5 Å². The van der Waals surface area contributed by atoms with Crippen molar-refractivity contribution in [2.75, 3.05) is 12.3 Å². The zero-order chi connectivity index (χ0) is 26.9. The molecule has 4 aromatic rings. The molecule has 6 heteroatoms. The highest BCUT2D eigenvalue weighted by Crippen LogP contribution is 2.58. The first kappa shape index (κ1) is 26.7. The Morgan fingerprint density at radius 1 is 0.487 bits per heavy atom. The Labute approximate surface area is 230 Å². The van der Waals surface area contributed by atoms with E-state index in [2.05, 4.69) is 0 Å². The number of fused-ring (bicyclic) bond motifs is 2. The van der Waals surface area contributed by atoms with E-state index in [1.807, 2.05) is 24.3 Å². The Bertz CT molecular complexity index is 1260. The van der Waals surface area contributed by atoms with E-state index < -0.39 is 15.8 Å². The van der Waals surface area contributed by atoms with Gasteiger partial charge in [-0.2, -0.15) is 0 Å². The molecule has 0 radical (unpaired) electrons. The lowest BCUT2D eigenvalue weighted by Gasteiger charge is -2.36. The number of halogens is 4. The van der Waals surface area contributed by atoms with E-state index >= 15 is 0 Å². The van der Waals surface area contributed by atoms with Gasteiger partial charge in [0.1, 0.15) is 23.3 Å². The number of hydrogen-bond donors (Lipinski definition) is 0. The molecule has 0 aromatic heterocycles. The van der Waals surface area contributed by atoms with Gasteiger partial charge in [0.05, 0.1) is 0 Å². The van der Waals surface area contributed by atoms with Crippen LogP contribution in [0.1, 0.15) is 19.3 Å². The highest BCUT2D eigenvalue weighted by molar-refractivity contribution is 7.73. The average Bonchev–Trinajstić information content (AvgIpc) is 3.52. The molecule has 2 bridgehead atoms. The molecule has 2 aliphatic carbocycles. The van der Waals surface area contributed by atoms with Crippen LogP contribution < -0.4 is 21.2 Å². The Hall–Kier alpha value is -2.54. The molecule has 0 saturated heterocycles. The topological polar surface area (TPSA) is 0 Å². The van der Waals surface area contributed by atoms with Crippen molar-refractivity contribution in [1.29, 1.82) is 0 Å². The monoisotopic (exact) mass is 564 g/mol. The third kappa shape index (κ3) is 5.84. The Kier molecular flexibility index (Phi) is 7.88. The molecule has 4 aromatic carbocycles. The molecule has 0 spiro atoms. The highest BCUT2D eigenvalue weighted by atomic mass is 31.1. The number of rotatable bonds is 8. The third-order valence-corrected chi connectivity index (χ3v) is 13.7. The quantitative estimate of drug-likeness (QED) is 0.154. The van der Waals surface area contributed by atoms with Gasteiger partial charge in [0.15, 0.2) is 0 Å². The molecule has 0 amide bonds. The Morgan fingerprint density at radius 3 is 1.08 bits per heavy atom. The van der Waals surface area contributed by atoms with Gasteiger partial charge in [-0.15, -0.1) is 0 Å². The van der Waals surface area contributed by atoms with E-state index in [1.54, 1.807) is 48.5 Å². The van der Waals surface area contributed by atoms with Gasteiger partial charge in [0, 0.05) is 0 Å². The summed E-state index contributed by atoms with van der Waals surface area (Å²) in [5, 5.41) is 3.70. The van der Waals surface area contributed by atoms with Gasteiger partial charge in [0.25, 0.3) is 0 Å². The van der Waals surface area contributed by atoms with Crippen molar-refractivity contribution in [2.45, 2.75) is 19.3 Å². The highest BCUT2D eigenvalue weighted by Gasteiger charge is 2.48. The zero-order valence-electron chi connectivity index (χ0n) is 21.5. The van der Waals surface area contributed by atoms with Crippen LogP contribution in [-0.4, -0.2) is 12.3 Å². The Morgan fingerprint density at radius 2 is 0.795 bits per heavy atom. The first-order valence-corrected chi connectivity index (χ1v) is 16.6. The van der Waals surface area contributed by atoms with Gasteiger partial charge in [0.2, 0.25) is 0 Å². The summed E-state index contributed by atoms with van der Waals surface area (Å²) in [6.45, 7) is 0. The minimum absolute atomic E-state index is 0.276. The summed E-state index contributed by atoms with van der Waals surface area (Å²) in [5.41, 5.74) is 0. The number of benzene rings is 4. The predicted molar refractivity (Wildman–Crippen MR) is 156 cm³/mol. The smallest absolute Gasteiger partial charge is 0.123 e. The fourth-order valence-corrected chi connectivity index (χ4v) is 12.4. The third-order valence-electron chi connectivity index (χ3n) is 8.54. The van der Waals surface area contributed by atoms with Crippen LogP contribution in [0.15, 0.2) is 97.1 Å². The molecule has 39 heavy (non-hydrogen) atoms. The van der Waals surface area contributed by atoms with Gasteiger partial charge in [-0.25, -0.2) is 17.6 Å². The fraction of sp³-hybridized carbons (Fsp3) is 0.273. The second-order valence-corrected chi connectivity index (χ2v) is 15.3. The van der Waals surface area contributed by atoms with E-state index in [1.165, 1.54) is 43.5 Å². The van der Waals surface area contributed by atoms with Gasteiger partial charge in [-0.05, 0) is 141 Å². The van der Waals surface area contributed by atoms with E-state index in [9.17, 15) is 17.6 Å². The Balaban J connectivity index is 1.36. The van der Waals surface area contributed by atoms with Crippen LogP contribution in [0.25, 0.3) is 0 Å². The summed E-state index contributed by atoms with van der Waals surface area (Å²) >= 11 is 0. The lowest BCUT2D eigenvalue weighted by atomic mass is 9.81. The molecular weight excluding hydrogens is 534 g/mol. The molecular formula is C33H30F4P2. The molecule has 0 aliphatic heterocycles. The maximum atomic E-state index is 14.4. The van der Waals surface area contributed by atoms with Crippen molar-refractivity contribution >= 4 is 37.1 Å². The molecule has 200 valence electrons. The van der Waals surface area contributed by atoms with Gasteiger partial charge < -0.3 is 0 Å². The fourth-order valence-electron chi connectivity index (χ4n) is 6.82. The molecule has 2 aliphatic rings. The maximum Gasteiger partial charge on any atom is 0.123 e. The van der Waals surface area contributed by atoms with Crippen LogP contribution in [0.3, 0.4) is 0 Å². The van der Waals surface area contributed by atoms with E-state index in [0.717, 1.165) is 33.5 Å². The summed E-state index contributed by atoms with van der Waals surface area (Å²) in [4.78, 5) is 0. The minimum Gasteiger partial charge on any atom is -0.207 e. The zero-order valence-corrected chi connectivity index (χ0v) is 23.3. The van der Waals surface area contributed by atoms with Crippen LogP contribution in [-0.2, 0) is 0 Å². The first-order valence-electron chi connectivity index (χ1n) is 13.5. The van der Waals surface area contributed by atoms with Gasteiger partial charge in [-0.3, -0.25) is 0 Å². The molecule has 4 atom stereocenters. The molecule has 2 fully saturated rings. The van der Waals surface area contributed by atoms with Crippen molar-refractivity contribution in [3.05, 3.63) is 120 Å². The van der Waals surface area contributed by atoms with E-state index in [-0.39, 0.29) is 23.3 Å². The van der Waals surface area contributed by atoms with E-state index in [0.29, 0.717) is 23.7 Å². The van der Waals surface area contributed by atoms with Crippen molar-refractivity contribution in [3.63, 3.8) is 0 Å². The first-order chi connectivity index (χ1) is 18.9. The molecule has 6 rings (SSSR count). The van der Waals surface area contributed by atoms with E-state index in [4.69, 9.17) is 0 Å². The van der Waals surface area contributed by atoms with Crippen LogP contribution >= 0.6 is 15.8 Å². The summed E-state index contributed by atoms with van der Waals surface area (Å²) in [6.07, 6.45) is 5.26. The lowest BCUT2D eigenvalue weighted by molar-refractivity contribution is 0.267. The SMILES string of the molecule is Fc1cccc(P(C[C@@H]2C3CCC(C3)[C@H]2CP(c2cccc(F)c2)c2cccc(F)c2)c2cccc(F)c2)c1. The molecule has 2 unspecified atom stereocenters. The standard InChI is InChI=1S/C33H30F4P2/c34-24-5-1-9-28(16-24)38(29-10-2-6-25(35)17-29)20-32-22-13-14-23(15-22)33(32)21-39(30-11-3-7-26(36)18-30)31-12-4-8-27(37)19-31/h1-12,16-19,22-23,32-33H,13-15,20-21H2/t22?,23?,32-,33-/m1/s1. The molecule has 2 saturated carbocycles. The molecule has 0 N–H and O–H groups in total. The summed E-state index contributed by atoms with van der Waals surface area (Å²) in [6, 6.07) is 27.0. The summed E-state index contributed by atoms with van der Waals surface area (Å²) < 4.78 is 57.4. The minimum atomic E-state index is -0.969. The summed E-state index contributed by atoms with van der Waals surface area (Å²) in [5.74, 6) is 0.835. The van der Waals surface area contributed by atoms with Crippen LogP contribution in [0, 0.1) is 46.9 Å². The van der Waals surface area contributed by atoms with Crippen molar-refractivity contribution in [2.24, 2.45) is 23.7 Å². The van der Waals surface area contributed by atoms with Crippen molar-refractivity contribution in [3.8, 4) is 0 Å². The maximum absolute atomic E-state index is 14.4. The van der Waals surface area contributed by atoms with Crippen molar-refractivity contribution < 1.29 is 17.6 Å². The largest absolute Gasteiger partial charge is 0.207 e. The predicted octanol–water partition coefficient (Wildman–Crippen LogP) is 7.47. The average molecular weight is 565 g/mol. The van der Waals surface area contributed by atoms with Crippen LogP contribution in [0.4, 0.5) is 17.6 Å². The second kappa shape index (κ2) is 11.5. The van der Waals surface area contributed by atoms with Gasteiger partial charge >= 0.3 is 0 Å². The summed E-state index contributed by atoms with van der Waals surface area (Å²) in [7, 11) is -1.94. The van der Waals surface area contributed by atoms with Crippen molar-refractivity contribution in [1.82, 2.24) is 0 Å². The van der Waals surface area contributed by atoms with Crippen LogP contribution in [0.2, 0.25) is 0 Å². The lowest BCUT2D eigenvalue weighted by Crippen LogP contribution is -2.32. The molecule has 0 nitrogen and oxygen atoms in total. The normalized spacial score (nSPS) is 22.2. The second-order valence-electron chi connectivity index (χ2n) is 10.8. The number of hydrogen-bond acceptors (Lipinski definition) is 0.